The standard InChI is InChI=1S/C80H147NO8/c1-3-5-7-9-11-13-15-17-19-21-23-25-27-29-30-31-32-33-34-35-36-37-38-39-40-41-42-43-44-46-48-50-52-54-56-58-60-62-64-66-68-70-76(84)81-73(72-88-80-79(87)78(86)77(85)75(71-82)89-80)74(83)69-67-65-63-61-59-57-55-53-51-49-47-45-28-26-24-22-20-18-16-14-12-10-8-6-4-2/h5,7,11,13,17,19,23,25,29-30,67,69,73-75,77-80,82-83,85-87H,3-4,6,8-10,12,14-16,18,20-22,24,26-28,31-66,68,70-72H2,1-2H3,(H,81,84)/b7-5-,13-11-,19-17-,25-23-,30-29-,69-67+. The molecular formula is C80H147NO8. The number of hydrogen-bond donors (Lipinski definition) is 6. The van der Waals surface area contributed by atoms with Gasteiger partial charge in [-0.15, -0.1) is 0 Å². The van der Waals surface area contributed by atoms with Gasteiger partial charge in [0.25, 0.3) is 0 Å². The van der Waals surface area contributed by atoms with Crippen LogP contribution >= 0.6 is 0 Å². The molecule has 1 rings (SSSR count). The number of hydrogen-bond acceptors (Lipinski definition) is 8. The maximum atomic E-state index is 13.2. The van der Waals surface area contributed by atoms with Crippen molar-refractivity contribution >= 4 is 5.91 Å². The highest BCUT2D eigenvalue weighted by Gasteiger charge is 2.44. The average Bonchev–Trinajstić information content (AvgIpc) is 2.59. The normalized spacial score (nSPS) is 18.2. The van der Waals surface area contributed by atoms with Gasteiger partial charge in [-0.05, 0) is 64.2 Å². The lowest BCUT2D eigenvalue weighted by Gasteiger charge is -2.40. The van der Waals surface area contributed by atoms with E-state index in [2.05, 4.69) is 79.9 Å². The Morgan fingerprint density at radius 3 is 1.03 bits per heavy atom. The van der Waals surface area contributed by atoms with Crippen molar-refractivity contribution in [2.24, 2.45) is 0 Å². The minimum absolute atomic E-state index is 0.169. The fourth-order valence-corrected chi connectivity index (χ4v) is 12.3. The monoisotopic (exact) mass is 1250 g/mol. The number of aliphatic hydroxyl groups is 5. The van der Waals surface area contributed by atoms with E-state index in [9.17, 15) is 30.3 Å². The molecule has 9 heteroatoms. The number of aliphatic hydroxyl groups excluding tert-OH is 5. The van der Waals surface area contributed by atoms with Crippen molar-refractivity contribution in [2.45, 2.75) is 416 Å². The summed E-state index contributed by atoms with van der Waals surface area (Å²) in [5, 5.41) is 54.9. The van der Waals surface area contributed by atoms with Crippen molar-refractivity contribution in [2.75, 3.05) is 13.2 Å². The maximum Gasteiger partial charge on any atom is 0.220 e. The van der Waals surface area contributed by atoms with Crippen molar-refractivity contribution < 1.29 is 39.8 Å². The molecule has 1 fully saturated rings. The summed E-state index contributed by atoms with van der Waals surface area (Å²) >= 11 is 0. The lowest BCUT2D eigenvalue weighted by atomic mass is 9.99. The Kier molecular flexibility index (Phi) is 65.1. The van der Waals surface area contributed by atoms with E-state index in [0.717, 1.165) is 70.6 Å². The van der Waals surface area contributed by atoms with Crippen molar-refractivity contribution in [3.05, 3.63) is 72.9 Å². The van der Waals surface area contributed by atoms with Crippen LogP contribution in [0.1, 0.15) is 373 Å². The van der Waals surface area contributed by atoms with Crippen LogP contribution in [0.5, 0.6) is 0 Å². The zero-order valence-electron chi connectivity index (χ0n) is 58.4. The Morgan fingerprint density at radius 2 is 0.697 bits per heavy atom. The first-order valence-electron chi connectivity index (χ1n) is 38.7. The van der Waals surface area contributed by atoms with Crippen molar-refractivity contribution in [1.29, 1.82) is 0 Å². The van der Waals surface area contributed by atoms with Gasteiger partial charge in [-0.2, -0.15) is 0 Å². The number of ether oxygens (including phenoxy) is 2. The molecule has 0 saturated carbocycles. The molecule has 6 N–H and O–H groups in total. The van der Waals surface area contributed by atoms with Gasteiger partial charge in [0.1, 0.15) is 24.4 Å². The third-order valence-corrected chi connectivity index (χ3v) is 18.3. The molecular weight excluding hydrogens is 1100 g/mol. The molecule has 9 nitrogen and oxygen atoms in total. The minimum atomic E-state index is -1.57. The Labute approximate surface area is 550 Å². The Balaban J connectivity index is 2.05. The van der Waals surface area contributed by atoms with Crippen LogP contribution in [0.3, 0.4) is 0 Å². The van der Waals surface area contributed by atoms with Crippen LogP contribution in [0, 0.1) is 0 Å². The summed E-state index contributed by atoms with van der Waals surface area (Å²) in [4.78, 5) is 13.2. The van der Waals surface area contributed by atoms with Gasteiger partial charge in [-0.3, -0.25) is 4.79 Å². The van der Waals surface area contributed by atoms with Gasteiger partial charge in [0.15, 0.2) is 6.29 Å². The highest BCUT2D eigenvalue weighted by molar-refractivity contribution is 5.76. The summed E-state index contributed by atoms with van der Waals surface area (Å²) in [5.41, 5.74) is 0. The van der Waals surface area contributed by atoms with Gasteiger partial charge in [-0.25, -0.2) is 0 Å². The van der Waals surface area contributed by atoms with Crippen LogP contribution in [0.4, 0.5) is 0 Å². The summed E-state index contributed by atoms with van der Waals surface area (Å²) in [6.07, 6.45) is 90.4. The summed E-state index contributed by atoms with van der Waals surface area (Å²) in [7, 11) is 0. The topological polar surface area (TPSA) is 149 Å². The van der Waals surface area contributed by atoms with E-state index in [-0.39, 0.29) is 12.5 Å². The molecule has 0 aromatic rings. The smallest absolute Gasteiger partial charge is 0.220 e. The number of carbonyl (C=O) groups is 1. The second-order valence-electron chi connectivity index (χ2n) is 26.8. The fraction of sp³-hybridized carbons (Fsp3) is 0.838. The summed E-state index contributed by atoms with van der Waals surface area (Å²) in [5.74, 6) is -0.169. The molecule has 1 aliphatic heterocycles. The average molecular weight is 1250 g/mol. The zero-order chi connectivity index (χ0) is 64.2. The number of rotatable bonds is 68. The number of allylic oxidation sites excluding steroid dienone is 11. The fourth-order valence-electron chi connectivity index (χ4n) is 12.3. The Morgan fingerprint density at radius 1 is 0.393 bits per heavy atom. The molecule has 520 valence electrons. The second-order valence-corrected chi connectivity index (χ2v) is 26.8. The molecule has 1 amide bonds. The first-order chi connectivity index (χ1) is 43.8. The van der Waals surface area contributed by atoms with Crippen molar-refractivity contribution in [1.82, 2.24) is 5.32 Å². The molecule has 7 unspecified atom stereocenters. The summed E-state index contributed by atoms with van der Waals surface area (Å²) in [6, 6.07) is -0.806. The van der Waals surface area contributed by atoms with Crippen molar-refractivity contribution in [3.8, 4) is 0 Å². The van der Waals surface area contributed by atoms with Gasteiger partial charge in [-0.1, -0.05) is 376 Å². The minimum Gasteiger partial charge on any atom is -0.394 e. The predicted molar refractivity (Wildman–Crippen MR) is 382 cm³/mol. The number of unbranched alkanes of at least 4 members (excludes halogenated alkanes) is 48. The Bertz CT molecular complexity index is 1640. The molecule has 7 atom stereocenters. The van der Waals surface area contributed by atoms with Crippen LogP contribution in [0.2, 0.25) is 0 Å². The number of carbonyl (C=O) groups excluding carboxylic acids is 1. The van der Waals surface area contributed by atoms with E-state index in [1.54, 1.807) is 6.08 Å². The largest absolute Gasteiger partial charge is 0.394 e. The molecule has 0 bridgehead atoms. The molecule has 0 spiro atoms. The predicted octanol–water partition coefficient (Wildman–Crippen LogP) is 21.9. The van der Waals surface area contributed by atoms with Gasteiger partial charge in [0.2, 0.25) is 5.91 Å². The number of amides is 1. The van der Waals surface area contributed by atoms with E-state index < -0.39 is 49.5 Å². The molecule has 1 saturated heterocycles. The summed E-state index contributed by atoms with van der Waals surface area (Å²) < 4.78 is 11.3. The maximum absolute atomic E-state index is 13.2. The highest BCUT2D eigenvalue weighted by Crippen LogP contribution is 2.24. The first-order valence-corrected chi connectivity index (χ1v) is 38.7. The van der Waals surface area contributed by atoms with Gasteiger partial charge in [0, 0.05) is 6.42 Å². The summed E-state index contributed by atoms with van der Waals surface area (Å²) in [6.45, 7) is 3.72. The van der Waals surface area contributed by atoms with Crippen LogP contribution < -0.4 is 5.32 Å². The lowest BCUT2D eigenvalue weighted by Crippen LogP contribution is -2.60. The van der Waals surface area contributed by atoms with Gasteiger partial charge < -0.3 is 40.3 Å². The van der Waals surface area contributed by atoms with E-state index in [4.69, 9.17) is 9.47 Å². The van der Waals surface area contributed by atoms with E-state index >= 15 is 0 Å². The van der Waals surface area contributed by atoms with Crippen LogP contribution in [0.25, 0.3) is 0 Å². The highest BCUT2D eigenvalue weighted by atomic mass is 16.7. The quantitative estimate of drug-likeness (QED) is 0.0261. The second kappa shape index (κ2) is 68.5. The van der Waals surface area contributed by atoms with Crippen LogP contribution in [0.15, 0.2) is 72.9 Å². The number of nitrogens with one attached hydrogen (secondary N) is 1. The molecule has 1 aliphatic rings. The Hall–Kier alpha value is -2.37. The third kappa shape index (κ3) is 56.9. The van der Waals surface area contributed by atoms with E-state index in [1.165, 1.54) is 283 Å². The molecule has 0 aromatic carbocycles. The van der Waals surface area contributed by atoms with Crippen LogP contribution in [-0.2, 0) is 14.3 Å². The molecule has 1 heterocycles. The molecule has 0 aliphatic carbocycles. The van der Waals surface area contributed by atoms with Gasteiger partial charge in [0.05, 0.1) is 25.4 Å². The molecule has 0 aromatic heterocycles. The SMILES string of the molecule is CC/C=C\C/C=C\C/C=C\C/C=C\C/C=C\CCCCCCCCCCCCCCCCCCCCCCCCCCCC(=O)NC(COC1OC(CO)C(O)C(O)C1O)C(O)/C=C/CCCCCCCCCCCCCCCCCCCCCCCCC. The zero-order valence-corrected chi connectivity index (χ0v) is 58.4. The van der Waals surface area contributed by atoms with E-state index in [1.807, 2.05) is 6.08 Å². The molecule has 89 heavy (non-hydrogen) atoms. The van der Waals surface area contributed by atoms with E-state index in [0.29, 0.717) is 6.42 Å². The first kappa shape index (κ1) is 84.6. The molecule has 0 radical (unpaired) electrons. The van der Waals surface area contributed by atoms with Gasteiger partial charge >= 0.3 is 0 Å². The van der Waals surface area contributed by atoms with Crippen molar-refractivity contribution in [3.63, 3.8) is 0 Å². The third-order valence-electron chi connectivity index (χ3n) is 18.3. The lowest BCUT2D eigenvalue weighted by molar-refractivity contribution is -0.302. The van der Waals surface area contributed by atoms with Crippen LogP contribution in [-0.4, -0.2) is 87.5 Å².